The Morgan fingerprint density at radius 2 is 1.88 bits per heavy atom. The van der Waals surface area contributed by atoms with Crippen LogP contribution in [0.25, 0.3) is 0 Å². The summed E-state index contributed by atoms with van der Waals surface area (Å²) in [6.45, 7) is 3.35. The molecule has 0 spiro atoms. The largest absolute Gasteiger partial charge is 0.495 e. The number of rotatable bonds is 4. The van der Waals surface area contributed by atoms with Gasteiger partial charge in [-0.05, 0) is 37.8 Å². The Balaban J connectivity index is 1.49. The maximum absolute atomic E-state index is 12.5. The zero-order chi connectivity index (χ0) is 17.6. The van der Waals surface area contributed by atoms with Crippen molar-refractivity contribution in [2.75, 3.05) is 45.4 Å². The molecule has 3 rings (SSSR count). The lowest BCUT2D eigenvalue weighted by molar-refractivity contribution is 0.0520. The molecule has 0 aliphatic carbocycles. The van der Waals surface area contributed by atoms with Crippen LogP contribution >= 0.6 is 0 Å². The fourth-order valence-corrected chi connectivity index (χ4v) is 3.67. The minimum absolute atomic E-state index is 0.0441. The van der Waals surface area contributed by atoms with E-state index in [0.717, 1.165) is 63.4 Å². The minimum atomic E-state index is 0.0441. The standard InChI is InChI=1S/C19H29N3O3/c1-21(16-9-13-25-14-10-16)19(23)20-15-7-11-22(12-8-15)17-5-3-4-6-18(17)24-2/h3-6,15-16H,7-14H2,1-2H3,(H,20,23). The van der Waals surface area contributed by atoms with Crippen molar-refractivity contribution >= 4 is 11.7 Å². The Bertz CT molecular complexity index is 567. The van der Waals surface area contributed by atoms with Crippen molar-refractivity contribution in [2.24, 2.45) is 0 Å². The summed E-state index contributed by atoms with van der Waals surface area (Å²) in [5, 5.41) is 3.20. The number of para-hydroxylation sites is 2. The molecule has 1 aromatic rings. The molecule has 1 N–H and O–H groups in total. The molecule has 6 nitrogen and oxygen atoms in total. The molecule has 0 bridgehead atoms. The molecule has 0 unspecified atom stereocenters. The van der Waals surface area contributed by atoms with Gasteiger partial charge < -0.3 is 24.6 Å². The summed E-state index contributed by atoms with van der Waals surface area (Å²) in [4.78, 5) is 16.7. The zero-order valence-electron chi connectivity index (χ0n) is 15.2. The van der Waals surface area contributed by atoms with Gasteiger partial charge in [-0.3, -0.25) is 0 Å². The normalized spacial score (nSPS) is 19.5. The lowest BCUT2D eigenvalue weighted by Crippen LogP contribution is -2.51. The maximum atomic E-state index is 12.5. The van der Waals surface area contributed by atoms with Gasteiger partial charge in [0.05, 0.1) is 12.8 Å². The van der Waals surface area contributed by atoms with Crippen molar-refractivity contribution in [3.63, 3.8) is 0 Å². The number of carbonyl (C=O) groups is 1. The first kappa shape index (κ1) is 17.9. The van der Waals surface area contributed by atoms with E-state index in [4.69, 9.17) is 9.47 Å². The Kier molecular flexibility index (Phi) is 6.02. The first-order valence-electron chi connectivity index (χ1n) is 9.18. The number of ether oxygens (including phenoxy) is 2. The fraction of sp³-hybridized carbons (Fsp3) is 0.632. The summed E-state index contributed by atoms with van der Waals surface area (Å²) >= 11 is 0. The Morgan fingerprint density at radius 1 is 1.20 bits per heavy atom. The van der Waals surface area contributed by atoms with Crippen LogP contribution in [0.2, 0.25) is 0 Å². The summed E-state index contributed by atoms with van der Waals surface area (Å²) in [7, 11) is 3.60. The second-order valence-corrected chi connectivity index (χ2v) is 6.84. The molecule has 2 saturated heterocycles. The summed E-state index contributed by atoms with van der Waals surface area (Å²) in [6, 6.07) is 8.68. The number of piperidine rings is 1. The van der Waals surface area contributed by atoms with Crippen molar-refractivity contribution in [1.82, 2.24) is 10.2 Å². The molecule has 0 aromatic heterocycles. The van der Waals surface area contributed by atoms with Crippen LogP contribution in [0.15, 0.2) is 24.3 Å². The van der Waals surface area contributed by atoms with Crippen molar-refractivity contribution in [3.8, 4) is 5.75 Å². The van der Waals surface area contributed by atoms with Crippen LogP contribution in [-0.2, 0) is 4.74 Å². The first-order valence-corrected chi connectivity index (χ1v) is 9.18. The highest BCUT2D eigenvalue weighted by Crippen LogP contribution is 2.29. The molecule has 25 heavy (non-hydrogen) atoms. The van der Waals surface area contributed by atoms with Gasteiger partial charge in [0.15, 0.2) is 0 Å². The molecule has 2 fully saturated rings. The van der Waals surface area contributed by atoms with E-state index in [0.29, 0.717) is 6.04 Å². The molecule has 1 aromatic carbocycles. The Hall–Kier alpha value is -1.95. The zero-order valence-corrected chi connectivity index (χ0v) is 15.2. The van der Waals surface area contributed by atoms with Crippen LogP contribution < -0.4 is 15.0 Å². The smallest absolute Gasteiger partial charge is 0.317 e. The van der Waals surface area contributed by atoms with Gasteiger partial charge in [-0.15, -0.1) is 0 Å². The predicted octanol–water partition coefficient (Wildman–Crippen LogP) is 2.48. The van der Waals surface area contributed by atoms with Gasteiger partial charge in [-0.1, -0.05) is 12.1 Å². The van der Waals surface area contributed by atoms with Crippen LogP contribution in [0.1, 0.15) is 25.7 Å². The van der Waals surface area contributed by atoms with E-state index in [9.17, 15) is 4.79 Å². The van der Waals surface area contributed by atoms with Gasteiger partial charge in [-0.25, -0.2) is 4.79 Å². The number of hydrogen-bond acceptors (Lipinski definition) is 4. The number of urea groups is 1. The molecule has 2 aliphatic heterocycles. The van der Waals surface area contributed by atoms with E-state index in [-0.39, 0.29) is 12.1 Å². The SMILES string of the molecule is COc1ccccc1N1CCC(NC(=O)N(C)C2CCOCC2)CC1. The molecule has 2 amide bonds. The van der Waals surface area contributed by atoms with Crippen LogP contribution in [0.4, 0.5) is 10.5 Å². The van der Waals surface area contributed by atoms with E-state index in [2.05, 4.69) is 16.3 Å². The summed E-state index contributed by atoms with van der Waals surface area (Å²) in [5.74, 6) is 0.907. The predicted molar refractivity (Wildman–Crippen MR) is 98.4 cm³/mol. The Labute approximate surface area is 150 Å². The van der Waals surface area contributed by atoms with Crippen LogP contribution in [-0.4, -0.2) is 63.5 Å². The molecule has 0 saturated carbocycles. The van der Waals surface area contributed by atoms with E-state index >= 15 is 0 Å². The quantitative estimate of drug-likeness (QED) is 0.909. The molecule has 0 radical (unpaired) electrons. The van der Waals surface area contributed by atoms with Gasteiger partial charge in [0, 0.05) is 45.4 Å². The highest BCUT2D eigenvalue weighted by molar-refractivity contribution is 5.74. The van der Waals surface area contributed by atoms with Crippen LogP contribution in [0.5, 0.6) is 5.75 Å². The molecule has 138 valence electrons. The molecule has 2 heterocycles. The second kappa shape index (κ2) is 8.43. The highest BCUT2D eigenvalue weighted by Gasteiger charge is 2.26. The number of carbonyl (C=O) groups excluding carboxylic acids is 1. The molecule has 2 aliphatic rings. The number of benzene rings is 1. The topological polar surface area (TPSA) is 54.0 Å². The average Bonchev–Trinajstić information content (AvgIpc) is 2.68. The number of hydrogen-bond donors (Lipinski definition) is 1. The third kappa shape index (κ3) is 4.37. The molecule has 0 atom stereocenters. The number of nitrogens with one attached hydrogen (secondary N) is 1. The van der Waals surface area contributed by atoms with E-state index in [1.54, 1.807) is 7.11 Å². The van der Waals surface area contributed by atoms with Crippen molar-refractivity contribution < 1.29 is 14.3 Å². The molecular weight excluding hydrogens is 318 g/mol. The van der Waals surface area contributed by atoms with Crippen molar-refractivity contribution in [3.05, 3.63) is 24.3 Å². The van der Waals surface area contributed by atoms with Gasteiger partial charge in [0.1, 0.15) is 5.75 Å². The van der Waals surface area contributed by atoms with Gasteiger partial charge >= 0.3 is 6.03 Å². The lowest BCUT2D eigenvalue weighted by atomic mass is 10.0. The monoisotopic (exact) mass is 347 g/mol. The number of methoxy groups -OCH3 is 1. The maximum Gasteiger partial charge on any atom is 0.317 e. The van der Waals surface area contributed by atoms with Crippen LogP contribution in [0, 0.1) is 0 Å². The second-order valence-electron chi connectivity index (χ2n) is 6.84. The average molecular weight is 347 g/mol. The fourth-order valence-electron chi connectivity index (χ4n) is 3.67. The van der Waals surface area contributed by atoms with Gasteiger partial charge in [0.25, 0.3) is 0 Å². The Morgan fingerprint density at radius 3 is 2.56 bits per heavy atom. The van der Waals surface area contributed by atoms with E-state index < -0.39 is 0 Å². The summed E-state index contributed by atoms with van der Waals surface area (Å²) in [5.41, 5.74) is 1.13. The number of anilines is 1. The van der Waals surface area contributed by atoms with Crippen molar-refractivity contribution in [2.45, 2.75) is 37.8 Å². The van der Waals surface area contributed by atoms with E-state index in [1.807, 2.05) is 30.1 Å². The van der Waals surface area contributed by atoms with Gasteiger partial charge in [0.2, 0.25) is 0 Å². The number of amides is 2. The van der Waals surface area contributed by atoms with Gasteiger partial charge in [-0.2, -0.15) is 0 Å². The lowest BCUT2D eigenvalue weighted by Gasteiger charge is -2.36. The first-order chi connectivity index (χ1) is 12.2. The summed E-state index contributed by atoms with van der Waals surface area (Å²) in [6.07, 6.45) is 3.75. The highest BCUT2D eigenvalue weighted by atomic mass is 16.5. The van der Waals surface area contributed by atoms with Crippen molar-refractivity contribution in [1.29, 1.82) is 0 Å². The van der Waals surface area contributed by atoms with Crippen LogP contribution in [0.3, 0.4) is 0 Å². The minimum Gasteiger partial charge on any atom is -0.495 e. The molecule has 6 heteroatoms. The summed E-state index contributed by atoms with van der Waals surface area (Å²) < 4.78 is 10.8. The third-order valence-corrected chi connectivity index (χ3v) is 5.31. The van der Waals surface area contributed by atoms with E-state index in [1.165, 1.54) is 0 Å². The number of nitrogens with zero attached hydrogens (tertiary/aromatic N) is 2. The third-order valence-electron chi connectivity index (χ3n) is 5.31. The molecular formula is C19H29N3O3.